The lowest BCUT2D eigenvalue weighted by Crippen LogP contribution is -2.29. The molecule has 1 amide bonds. The normalized spacial score (nSPS) is 17.7. The largest absolute Gasteiger partial charge is 0.507 e. The predicted octanol–water partition coefficient (Wildman–Crippen LogP) is 4.64. The highest BCUT2D eigenvalue weighted by atomic mass is 35.5. The number of benzene rings is 3. The highest BCUT2D eigenvalue weighted by molar-refractivity contribution is 6.51. The Hall–Kier alpha value is -3.48. The fourth-order valence-electron chi connectivity index (χ4n) is 3.81. The summed E-state index contributed by atoms with van der Waals surface area (Å²) in [5.41, 5.74) is 1.79. The van der Waals surface area contributed by atoms with Gasteiger partial charge in [0.05, 0.1) is 11.6 Å². The molecule has 1 heterocycles. The molecule has 4 rings (SSSR count). The molecule has 0 saturated carbocycles. The summed E-state index contributed by atoms with van der Waals surface area (Å²) in [6.07, 6.45) is 0.447. The minimum absolute atomic E-state index is 0.0196. The van der Waals surface area contributed by atoms with Gasteiger partial charge in [0.2, 0.25) is 0 Å². The van der Waals surface area contributed by atoms with Gasteiger partial charge >= 0.3 is 0 Å². The van der Waals surface area contributed by atoms with Crippen LogP contribution in [0.5, 0.6) is 0 Å². The van der Waals surface area contributed by atoms with Crippen LogP contribution in [0.15, 0.2) is 78.4 Å². The van der Waals surface area contributed by atoms with Crippen molar-refractivity contribution in [1.29, 1.82) is 0 Å². The number of halogens is 2. The number of anilines is 1. The molecule has 162 valence electrons. The monoisotopic (exact) mass is 451 g/mol. The number of carbonyl (C=O) groups is 2. The molecular weight excluding hydrogens is 433 g/mol. The molecule has 0 spiro atoms. The van der Waals surface area contributed by atoms with Crippen molar-refractivity contribution in [3.63, 3.8) is 0 Å². The molecule has 1 unspecified atom stereocenters. The Labute approximate surface area is 189 Å². The quantitative estimate of drug-likeness (QED) is 0.336. The minimum atomic E-state index is -1.02. The Morgan fingerprint density at radius 2 is 1.69 bits per heavy atom. The summed E-state index contributed by atoms with van der Waals surface area (Å²) < 4.78 is 14.1. The Bertz CT molecular complexity index is 1210. The van der Waals surface area contributed by atoms with Gasteiger partial charge in [0.25, 0.3) is 11.7 Å². The Balaban J connectivity index is 1.89. The zero-order valence-electron chi connectivity index (χ0n) is 16.8. The summed E-state index contributed by atoms with van der Waals surface area (Å²) in [6.45, 7) is -0.0196. The fourth-order valence-corrected chi connectivity index (χ4v) is 3.93. The van der Waals surface area contributed by atoms with E-state index in [0.717, 1.165) is 5.56 Å². The van der Waals surface area contributed by atoms with E-state index in [2.05, 4.69) is 0 Å². The zero-order valence-corrected chi connectivity index (χ0v) is 17.6. The van der Waals surface area contributed by atoms with Crippen LogP contribution in [0.4, 0.5) is 10.1 Å². The van der Waals surface area contributed by atoms with Crippen molar-refractivity contribution >= 4 is 34.7 Å². The maximum atomic E-state index is 14.1. The first-order valence-electron chi connectivity index (χ1n) is 9.93. The first kappa shape index (κ1) is 21.7. The molecule has 3 aromatic rings. The van der Waals surface area contributed by atoms with Crippen LogP contribution < -0.4 is 4.90 Å². The second-order valence-electron chi connectivity index (χ2n) is 7.37. The third kappa shape index (κ3) is 4.02. The van der Waals surface area contributed by atoms with Crippen LogP contribution in [0.3, 0.4) is 0 Å². The molecule has 2 N–H and O–H groups in total. The van der Waals surface area contributed by atoms with Crippen molar-refractivity contribution in [2.45, 2.75) is 12.5 Å². The van der Waals surface area contributed by atoms with Gasteiger partial charge in [-0.15, -0.1) is 0 Å². The van der Waals surface area contributed by atoms with Crippen LogP contribution in [0.2, 0.25) is 5.02 Å². The highest BCUT2D eigenvalue weighted by Crippen LogP contribution is 2.42. The highest BCUT2D eigenvalue weighted by Gasteiger charge is 2.47. The predicted molar refractivity (Wildman–Crippen MR) is 120 cm³/mol. The molecule has 3 aromatic carbocycles. The summed E-state index contributed by atoms with van der Waals surface area (Å²) >= 11 is 5.92. The molecule has 5 nitrogen and oxygen atoms in total. The lowest BCUT2D eigenvalue weighted by atomic mass is 9.95. The van der Waals surface area contributed by atoms with Gasteiger partial charge in [0.15, 0.2) is 0 Å². The summed E-state index contributed by atoms with van der Waals surface area (Å²) in [7, 11) is 0. The molecule has 1 aliphatic heterocycles. The van der Waals surface area contributed by atoms with Gasteiger partial charge in [0.1, 0.15) is 11.6 Å². The summed E-state index contributed by atoms with van der Waals surface area (Å²) in [4.78, 5) is 27.4. The van der Waals surface area contributed by atoms with Crippen molar-refractivity contribution < 1.29 is 24.2 Å². The molecule has 1 atom stereocenters. The number of Topliss-reactive ketones (excluding diaryl/α,β-unsaturated/α-hetero) is 1. The first-order valence-corrected chi connectivity index (χ1v) is 10.3. The molecule has 0 aliphatic carbocycles. The molecule has 0 aromatic heterocycles. The van der Waals surface area contributed by atoms with E-state index in [-0.39, 0.29) is 17.9 Å². The van der Waals surface area contributed by atoms with Crippen molar-refractivity contribution in [3.05, 3.63) is 106 Å². The molecule has 1 saturated heterocycles. The van der Waals surface area contributed by atoms with Crippen LogP contribution >= 0.6 is 11.6 Å². The first-order chi connectivity index (χ1) is 15.4. The number of amides is 1. The molecule has 0 bridgehead atoms. The van der Waals surface area contributed by atoms with Crippen LogP contribution in [-0.2, 0) is 16.0 Å². The Morgan fingerprint density at radius 3 is 2.31 bits per heavy atom. The van der Waals surface area contributed by atoms with Crippen LogP contribution in [0, 0.1) is 5.82 Å². The van der Waals surface area contributed by atoms with E-state index in [0.29, 0.717) is 28.3 Å². The number of ketones is 1. The Kier molecular flexibility index (Phi) is 6.08. The van der Waals surface area contributed by atoms with E-state index in [1.54, 1.807) is 42.5 Å². The molecule has 1 aliphatic rings. The maximum absolute atomic E-state index is 14.1. The van der Waals surface area contributed by atoms with E-state index in [9.17, 15) is 19.1 Å². The third-order valence-corrected chi connectivity index (χ3v) is 5.59. The minimum Gasteiger partial charge on any atom is -0.507 e. The van der Waals surface area contributed by atoms with E-state index in [1.165, 1.54) is 35.2 Å². The summed E-state index contributed by atoms with van der Waals surface area (Å²) in [5, 5.41) is 20.6. The topological polar surface area (TPSA) is 77.8 Å². The van der Waals surface area contributed by atoms with Gasteiger partial charge in [-0.3, -0.25) is 14.5 Å². The van der Waals surface area contributed by atoms with Crippen molar-refractivity contribution in [2.75, 3.05) is 11.5 Å². The summed E-state index contributed by atoms with van der Waals surface area (Å²) in [6, 6.07) is 17.6. The van der Waals surface area contributed by atoms with Crippen LogP contribution in [0.25, 0.3) is 5.76 Å². The average Bonchev–Trinajstić information content (AvgIpc) is 3.05. The third-order valence-electron chi connectivity index (χ3n) is 5.34. The van der Waals surface area contributed by atoms with Gasteiger partial charge in [-0.05, 0) is 66.1 Å². The number of hydrogen-bond acceptors (Lipinski definition) is 4. The summed E-state index contributed by atoms with van der Waals surface area (Å²) in [5.74, 6) is -2.60. The fraction of sp³-hybridized carbons (Fsp3) is 0.120. The van der Waals surface area contributed by atoms with Crippen LogP contribution in [-0.4, -0.2) is 28.5 Å². The van der Waals surface area contributed by atoms with Crippen molar-refractivity contribution in [1.82, 2.24) is 0 Å². The average molecular weight is 452 g/mol. The van der Waals surface area contributed by atoms with E-state index in [1.807, 2.05) is 0 Å². The lowest BCUT2D eigenvalue weighted by molar-refractivity contribution is -0.132. The SMILES string of the molecule is O=C1C(=O)N(c2ccc(CCO)cc2)C(c2cccc(F)c2)/C1=C(\O)c1ccc(Cl)cc1. The molecule has 32 heavy (non-hydrogen) atoms. The van der Waals surface area contributed by atoms with E-state index >= 15 is 0 Å². The number of aliphatic hydroxyl groups excluding tert-OH is 2. The number of rotatable bonds is 5. The number of hydrogen-bond donors (Lipinski definition) is 2. The Morgan fingerprint density at radius 1 is 1.00 bits per heavy atom. The standard InChI is InChI=1S/C25H19ClFNO4/c26-18-8-6-16(7-9-18)23(30)21-22(17-2-1-3-19(27)14-17)28(25(32)24(21)31)20-10-4-15(5-11-20)12-13-29/h1-11,14,22,29-30H,12-13H2/b23-21+. The second kappa shape index (κ2) is 8.94. The van der Waals surface area contributed by atoms with Gasteiger partial charge in [-0.2, -0.15) is 0 Å². The second-order valence-corrected chi connectivity index (χ2v) is 7.81. The van der Waals surface area contributed by atoms with Crippen LogP contribution in [0.1, 0.15) is 22.7 Å². The van der Waals surface area contributed by atoms with E-state index in [4.69, 9.17) is 16.7 Å². The smallest absolute Gasteiger partial charge is 0.300 e. The number of carbonyl (C=O) groups excluding carboxylic acids is 2. The molecule has 7 heteroatoms. The molecule has 0 radical (unpaired) electrons. The number of nitrogens with zero attached hydrogens (tertiary/aromatic N) is 1. The van der Waals surface area contributed by atoms with Gasteiger partial charge in [-0.1, -0.05) is 35.9 Å². The zero-order chi connectivity index (χ0) is 22.8. The lowest BCUT2D eigenvalue weighted by Gasteiger charge is -2.25. The van der Waals surface area contributed by atoms with Crippen molar-refractivity contribution in [2.24, 2.45) is 0 Å². The van der Waals surface area contributed by atoms with E-state index < -0.39 is 23.5 Å². The number of aliphatic hydroxyl groups is 2. The van der Waals surface area contributed by atoms with Gasteiger partial charge < -0.3 is 10.2 Å². The maximum Gasteiger partial charge on any atom is 0.300 e. The molecular formula is C25H19ClFNO4. The van der Waals surface area contributed by atoms with Crippen molar-refractivity contribution in [3.8, 4) is 0 Å². The van der Waals surface area contributed by atoms with Gasteiger partial charge in [-0.25, -0.2) is 4.39 Å². The molecule has 1 fully saturated rings. The van der Waals surface area contributed by atoms with Gasteiger partial charge in [0, 0.05) is 22.9 Å².